The third kappa shape index (κ3) is 4.63. The summed E-state index contributed by atoms with van der Waals surface area (Å²) in [6, 6.07) is 13.4. The summed E-state index contributed by atoms with van der Waals surface area (Å²) in [6.45, 7) is 4.83. The molecule has 0 spiro atoms. The predicted molar refractivity (Wildman–Crippen MR) is 95.1 cm³/mol. The second kappa shape index (κ2) is 7.57. The van der Waals surface area contributed by atoms with Gasteiger partial charge in [-0.25, -0.2) is 4.79 Å². The molecule has 7 nitrogen and oxygen atoms in total. The number of rotatable bonds is 5. The van der Waals surface area contributed by atoms with Crippen LogP contribution in [0.3, 0.4) is 0 Å². The maximum absolute atomic E-state index is 12.0. The molecule has 3 aromatic rings. The summed E-state index contributed by atoms with van der Waals surface area (Å²) in [5.74, 6) is 0.426. The number of carbonyl (C=O) groups is 1. The molecule has 1 aromatic carbocycles. The number of hydrogen-bond donors (Lipinski definition) is 2. The Hall–Kier alpha value is -3.22. The van der Waals surface area contributed by atoms with Crippen molar-refractivity contribution in [1.29, 1.82) is 0 Å². The van der Waals surface area contributed by atoms with E-state index in [1.165, 1.54) is 5.56 Å². The normalized spacial score (nSPS) is 10.5. The molecule has 0 aliphatic heterocycles. The van der Waals surface area contributed by atoms with Crippen molar-refractivity contribution in [2.24, 2.45) is 0 Å². The van der Waals surface area contributed by atoms with Gasteiger partial charge in [-0.15, -0.1) is 5.10 Å². The van der Waals surface area contributed by atoms with E-state index >= 15 is 0 Å². The minimum Gasteiger partial charge on any atom is -0.332 e. The molecule has 2 amide bonds. The van der Waals surface area contributed by atoms with E-state index in [0.717, 1.165) is 17.0 Å². The third-order valence-electron chi connectivity index (χ3n) is 3.79. The molecule has 2 aromatic heterocycles. The van der Waals surface area contributed by atoms with Gasteiger partial charge in [0, 0.05) is 6.20 Å². The highest BCUT2D eigenvalue weighted by Gasteiger charge is 2.06. The molecule has 2 heterocycles. The number of nitrogens with zero attached hydrogens (tertiary/aromatic N) is 4. The monoisotopic (exact) mass is 336 g/mol. The Morgan fingerprint density at radius 2 is 1.92 bits per heavy atom. The van der Waals surface area contributed by atoms with Gasteiger partial charge in [-0.05, 0) is 37.1 Å². The maximum atomic E-state index is 12.0. The lowest BCUT2D eigenvalue weighted by molar-refractivity contribution is 0.251. The van der Waals surface area contributed by atoms with Crippen LogP contribution < -0.4 is 10.6 Å². The van der Waals surface area contributed by atoms with Crippen molar-refractivity contribution in [2.45, 2.75) is 26.9 Å². The minimum atomic E-state index is -0.338. The third-order valence-corrected chi connectivity index (χ3v) is 3.79. The second-order valence-electron chi connectivity index (χ2n) is 5.80. The number of benzene rings is 1. The van der Waals surface area contributed by atoms with Gasteiger partial charge < -0.3 is 5.32 Å². The molecule has 0 radical (unpaired) electrons. The van der Waals surface area contributed by atoms with Crippen LogP contribution in [0.2, 0.25) is 0 Å². The molecule has 0 saturated heterocycles. The highest BCUT2D eigenvalue weighted by Crippen LogP contribution is 2.08. The van der Waals surface area contributed by atoms with E-state index in [2.05, 4.69) is 38.1 Å². The lowest BCUT2D eigenvalue weighted by atomic mass is 10.2. The van der Waals surface area contributed by atoms with E-state index in [9.17, 15) is 4.79 Å². The van der Waals surface area contributed by atoms with Crippen molar-refractivity contribution >= 4 is 11.8 Å². The first-order valence-electron chi connectivity index (χ1n) is 8.02. The number of carbonyl (C=O) groups excluding carboxylic acids is 1. The van der Waals surface area contributed by atoms with Crippen LogP contribution in [0.1, 0.15) is 22.5 Å². The molecule has 0 fully saturated rings. The molecule has 0 aliphatic carbocycles. The van der Waals surface area contributed by atoms with Gasteiger partial charge in [-0.3, -0.25) is 10.00 Å². The number of hydrogen-bond acceptors (Lipinski definition) is 4. The van der Waals surface area contributed by atoms with Crippen LogP contribution in [0.15, 0.2) is 48.7 Å². The van der Waals surface area contributed by atoms with Gasteiger partial charge in [0.05, 0.1) is 24.5 Å². The first-order valence-corrected chi connectivity index (χ1v) is 8.02. The van der Waals surface area contributed by atoms with Gasteiger partial charge in [0.25, 0.3) is 0 Å². The minimum absolute atomic E-state index is 0.338. The summed E-state index contributed by atoms with van der Waals surface area (Å²) in [5, 5.41) is 17.8. The predicted octanol–water partition coefficient (Wildman–Crippen LogP) is 2.66. The zero-order valence-electron chi connectivity index (χ0n) is 14.2. The van der Waals surface area contributed by atoms with Crippen LogP contribution in [0, 0.1) is 13.8 Å². The number of aromatic nitrogens is 4. The van der Waals surface area contributed by atoms with Crippen LogP contribution >= 0.6 is 0 Å². The van der Waals surface area contributed by atoms with Crippen molar-refractivity contribution in [3.05, 3.63) is 71.2 Å². The Balaban J connectivity index is 1.51. The Bertz CT molecular complexity index is 859. The summed E-state index contributed by atoms with van der Waals surface area (Å²) in [5.41, 5.74) is 3.79. The molecule has 128 valence electrons. The van der Waals surface area contributed by atoms with Crippen molar-refractivity contribution in [2.75, 3.05) is 5.32 Å². The van der Waals surface area contributed by atoms with E-state index in [1.807, 2.05) is 49.0 Å². The molecular weight excluding hydrogens is 316 g/mol. The zero-order chi connectivity index (χ0) is 17.6. The average Bonchev–Trinajstić information content (AvgIpc) is 3.05. The molecule has 0 atom stereocenters. The molecule has 0 saturated carbocycles. The summed E-state index contributed by atoms with van der Waals surface area (Å²) < 4.78 is 1.85. The zero-order valence-corrected chi connectivity index (χ0v) is 14.2. The van der Waals surface area contributed by atoms with Crippen LogP contribution in [0.4, 0.5) is 10.6 Å². The Morgan fingerprint density at radius 3 is 2.68 bits per heavy atom. The van der Waals surface area contributed by atoms with Crippen LogP contribution in [0.25, 0.3) is 0 Å². The lowest BCUT2D eigenvalue weighted by Crippen LogP contribution is -2.29. The molecule has 25 heavy (non-hydrogen) atoms. The number of anilines is 1. The maximum Gasteiger partial charge on any atom is 0.320 e. The topological polar surface area (TPSA) is 84.7 Å². The van der Waals surface area contributed by atoms with E-state index in [-0.39, 0.29) is 6.03 Å². The molecule has 0 aliphatic rings. The number of aryl methyl sites for hydroxylation is 2. The molecule has 3 rings (SSSR count). The molecule has 2 N–H and O–H groups in total. The van der Waals surface area contributed by atoms with Crippen LogP contribution in [0.5, 0.6) is 0 Å². The first kappa shape index (κ1) is 16.6. The summed E-state index contributed by atoms with van der Waals surface area (Å²) in [4.78, 5) is 12.0. The SMILES string of the molecule is Cc1cc(NC(=O)NCc2ccn(Cc3ccccc3)n2)nnc1C. The number of amides is 2. The number of nitrogens with one attached hydrogen (secondary N) is 2. The van der Waals surface area contributed by atoms with Crippen molar-refractivity contribution < 1.29 is 4.79 Å². The van der Waals surface area contributed by atoms with Gasteiger partial charge in [-0.2, -0.15) is 10.2 Å². The van der Waals surface area contributed by atoms with E-state index in [4.69, 9.17) is 0 Å². The molecular formula is C18H20N6O. The quantitative estimate of drug-likeness (QED) is 0.750. The summed E-state index contributed by atoms with van der Waals surface area (Å²) in [7, 11) is 0. The van der Waals surface area contributed by atoms with Crippen molar-refractivity contribution in [1.82, 2.24) is 25.3 Å². The largest absolute Gasteiger partial charge is 0.332 e. The van der Waals surface area contributed by atoms with Gasteiger partial charge in [0.1, 0.15) is 0 Å². The highest BCUT2D eigenvalue weighted by atomic mass is 16.2. The van der Waals surface area contributed by atoms with Crippen LogP contribution in [-0.2, 0) is 13.1 Å². The first-order chi connectivity index (χ1) is 12.1. The second-order valence-corrected chi connectivity index (χ2v) is 5.80. The fraction of sp³-hybridized carbons (Fsp3) is 0.222. The standard InChI is InChI=1S/C18H20N6O/c1-13-10-17(22-21-14(13)2)20-18(25)19-11-16-8-9-24(23-16)12-15-6-4-3-5-7-15/h3-10H,11-12H2,1-2H3,(H2,19,20,22,25). The molecule has 0 unspecified atom stereocenters. The van der Waals surface area contributed by atoms with Crippen molar-refractivity contribution in [3.8, 4) is 0 Å². The Kier molecular flexibility index (Phi) is 5.03. The fourth-order valence-electron chi connectivity index (χ4n) is 2.30. The number of urea groups is 1. The van der Waals surface area contributed by atoms with Gasteiger partial charge >= 0.3 is 6.03 Å². The van der Waals surface area contributed by atoms with E-state index < -0.39 is 0 Å². The van der Waals surface area contributed by atoms with Gasteiger partial charge in [0.15, 0.2) is 5.82 Å². The van der Waals surface area contributed by atoms with E-state index in [0.29, 0.717) is 18.9 Å². The van der Waals surface area contributed by atoms with Gasteiger partial charge in [0.2, 0.25) is 0 Å². The van der Waals surface area contributed by atoms with Crippen molar-refractivity contribution in [3.63, 3.8) is 0 Å². The van der Waals surface area contributed by atoms with E-state index in [1.54, 1.807) is 6.07 Å². The fourth-order valence-corrected chi connectivity index (χ4v) is 2.30. The van der Waals surface area contributed by atoms with Gasteiger partial charge in [-0.1, -0.05) is 30.3 Å². The lowest BCUT2D eigenvalue weighted by Gasteiger charge is -2.06. The summed E-state index contributed by atoms with van der Waals surface area (Å²) >= 11 is 0. The Morgan fingerprint density at radius 1 is 1.12 bits per heavy atom. The highest BCUT2D eigenvalue weighted by molar-refractivity contribution is 5.88. The van der Waals surface area contributed by atoms with Crippen LogP contribution in [-0.4, -0.2) is 26.0 Å². The smallest absolute Gasteiger partial charge is 0.320 e. The average molecular weight is 336 g/mol. The molecule has 0 bridgehead atoms. The molecule has 7 heteroatoms. The summed E-state index contributed by atoms with van der Waals surface area (Å²) in [6.07, 6.45) is 1.90. The Labute approximate surface area is 146 Å².